The van der Waals surface area contributed by atoms with Crippen LogP contribution in [0.1, 0.15) is 12.5 Å². The molecule has 9 nitrogen and oxygen atoms in total. The van der Waals surface area contributed by atoms with Crippen LogP contribution in [0.15, 0.2) is 21.7 Å². The summed E-state index contributed by atoms with van der Waals surface area (Å²) in [5.74, 6) is -1.36. The van der Waals surface area contributed by atoms with Crippen molar-refractivity contribution in [1.82, 2.24) is 13.9 Å². The lowest BCUT2D eigenvalue weighted by Gasteiger charge is -2.17. The van der Waals surface area contributed by atoms with Gasteiger partial charge in [0.05, 0.1) is 6.54 Å². The number of hydrogen-bond donors (Lipinski definition) is 2. The van der Waals surface area contributed by atoms with Crippen molar-refractivity contribution >= 4 is 11.8 Å². The van der Waals surface area contributed by atoms with Gasteiger partial charge < -0.3 is 11.5 Å². The van der Waals surface area contributed by atoms with E-state index in [4.69, 9.17) is 11.5 Å². The molecule has 0 spiro atoms. The number of carbonyl (C=O) groups excluding carboxylic acids is 2. The molecular formula is C10H13N5O4. The number of carbonyl (C=O) groups is 2. The largest absolute Gasteiger partial charge is 0.370 e. The smallest absolute Gasteiger partial charge is 0.348 e. The van der Waals surface area contributed by atoms with Gasteiger partial charge >= 0.3 is 11.4 Å². The molecule has 1 unspecified atom stereocenters. The minimum Gasteiger partial charge on any atom is -0.370 e. The third kappa shape index (κ3) is 2.09. The molecule has 0 saturated heterocycles. The second kappa shape index (κ2) is 4.59. The lowest BCUT2D eigenvalue weighted by atomic mass is 10.2. The summed E-state index contributed by atoms with van der Waals surface area (Å²) >= 11 is 0. The van der Waals surface area contributed by atoms with E-state index in [0.717, 1.165) is 13.9 Å². The van der Waals surface area contributed by atoms with Crippen LogP contribution in [0.4, 0.5) is 0 Å². The Morgan fingerprint density at radius 2 is 1.95 bits per heavy atom. The number of allylic oxidation sites excluding steroid dienone is 1. The molecule has 1 aromatic heterocycles. The van der Waals surface area contributed by atoms with E-state index in [1.54, 1.807) is 6.08 Å². The van der Waals surface area contributed by atoms with Crippen molar-refractivity contribution in [2.75, 3.05) is 0 Å². The van der Waals surface area contributed by atoms with E-state index < -0.39 is 29.2 Å². The second-order valence-electron chi connectivity index (χ2n) is 4.14. The minimum absolute atomic E-state index is 0.120. The third-order valence-electron chi connectivity index (χ3n) is 2.87. The molecular weight excluding hydrogens is 254 g/mol. The lowest BCUT2D eigenvalue weighted by Crippen LogP contribution is -2.38. The van der Waals surface area contributed by atoms with E-state index in [-0.39, 0.29) is 19.5 Å². The Bertz CT molecular complexity index is 677. The summed E-state index contributed by atoms with van der Waals surface area (Å²) in [4.78, 5) is 46.0. The summed E-state index contributed by atoms with van der Waals surface area (Å²) in [7, 11) is 0. The fourth-order valence-corrected chi connectivity index (χ4v) is 1.98. The molecule has 0 aromatic carbocycles. The zero-order valence-electron chi connectivity index (χ0n) is 9.98. The Morgan fingerprint density at radius 1 is 1.26 bits per heavy atom. The summed E-state index contributed by atoms with van der Waals surface area (Å²) in [5, 5.41) is 0. The zero-order chi connectivity index (χ0) is 14.2. The van der Waals surface area contributed by atoms with Gasteiger partial charge in [-0.3, -0.25) is 9.59 Å². The summed E-state index contributed by atoms with van der Waals surface area (Å²) in [6.45, 7) is 0.0485. The molecule has 19 heavy (non-hydrogen) atoms. The van der Waals surface area contributed by atoms with Gasteiger partial charge in [0.2, 0.25) is 11.8 Å². The van der Waals surface area contributed by atoms with Crippen molar-refractivity contribution < 1.29 is 9.59 Å². The Kier molecular flexibility index (Phi) is 3.11. The molecule has 0 fully saturated rings. The first-order valence-corrected chi connectivity index (χ1v) is 5.60. The molecule has 1 atom stereocenters. The first-order valence-electron chi connectivity index (χ1n) is 5.60. The van der Waals surface area contributed by atoms with Crippen LogP contribution in [0, 0.1) is 0 Å². The zero-order valence-corrected chi connectivity index (χ0v) is 9.98. The molecule has 0 radical (unpaired) electrons. The van der Waals surface area contributed by atoms with E-state index in [2.05, 4.69) is 0 Å². The maximum absolute atomic E-state index is 12.1. The second-order valence-corrected chi connectivity index (χ2v) is 4.14. The number of rotatable bonds is 4. The lowest BCUT2D eigenvalue weighted by molar-refractivity contribution is -0.120. The molecule has 1 aliphatic heterocycles. The number of nitrogens with zero attached hydrogens (tertiary/aromatic N) is 3. The molecule has 1 aliphatic rings. The van der Waals surface area contributed by atoms with Gasteiger partial charge in [-0.15, -0.1) is 0 Å². The first-order chi connectivity index (χ1) is 8.93. The Hall–Kier alpha value is -2.58. The predicted molar refractivity (Wildman–Crippen MR) is 64.1 cm³/mol. The topological polar surface area (TPSA) is 135 Å². The van der Waals surface area contributed by atoms with Gasteiger partial charge in [0.1, 0.15) is 0 Å². The molecule has 0 aliphatic carbocycles. The summed E-state index contributed by atoms with van der Waals surface area (Å²) < 4.78 is 2.97. The van der Waals surface area contributed by atoms with Crippen LogP contribution in [0.3, 0.4) is 0 Å². The van der Waals surface area contributed by atoms with Gasteiger partial charge in [-0.05, 0) is 0 Å². The predicted octanol–water partition coefficient (Wildman–Crippen LogP) is -2.72. The van der Waals surface area contributed by atoms with Crippen LogP contribution in [0.25, 0.3) is 0 Å². The van der Waals surface area contributed by atoms with Gasteiger partial charge in [0, 0.05) is 13.0 Å². The maximum atomic E-state index is 12.1. The number of hydrogen-bond acceptors (Lipinski definition) is 4. The highest BCUT2D eigenvalue weighted by Gasteiger charge is 2.26. The van der Waals surface area contributed by atoms with Crippen LogP contribution < -0.4 is 22.8 Å². The van der Waals surface area contributed by atoms with Crippen molar-refractivity contribution in [3.8, 4) is 0 Å². The van der Waals surface area contributed by atoms with Gasteiger partial charge in [-0.1, -0.05) is 12.2 Å². The van der Waals surface area contributed by atoms with Crippen molar-refractivity contribution in [2.45, 2.75) is 25.6 Å². The minimum atomic E-state index is -0.997. The molecule has 4 N–H and O–H groups in total. The molecule has 0 saturated carbocycles. The van der Waals surface area contributed by atoms with Crippen LogP contribution in [-0.4, -0.2) is 25.7 Å². The van der Waals surface area contributed by atoms with Crippen LogP contribution in [-0.2, 0) is 22.7 Å². The monoisotopic (exact) mass is 267 g/mol. The average molecular weight is 267 g/mol. The SMILES string of the molecule is NC(=O)CCn1c(=O)n2n(c1=O)C(C(N)=O)C=CC2. The van der Waals surface area contributed by atoms with E-state index in [1.165, 1.54) is 6.08 Å². The van der Waals surface area contributed by atoms with Crippen LogP contribution >= 0.6 is 0 Å². The highest BCUT2D eigenvalue weighted by Crippen LogP contribution is 2.09. The quantitative estimate of drug-likeness (QED) is 0.573. The van der Waals surface area contributed by atoms with E-state index >= 15 is 0 Å². The number of primary amides is 2. The Morgan fingerprint density at radius 3 is 2.53 bits per heavy atom. The molecule has 2 amide bonds. The van der Waals surface area contributed by atoms with Gasteiger partial charge in [-0.25, -0.2) is 23.5 Å². The summed E-state index contributed by atoms with van der Waals surface area (Å²) in [6.07, 6.45) is 2.91. The van der Waals surface area contributed by atoms with Crippen molar-refractivity contribution in [1.29, 1.82) is 0 Å². The Labute approximate surface area is 106 Å². The number of fused-ring (bicyclic) bond motifs is 1. The van der Waals surface area contributed by atoms with Gasteiger partial charge in [0.15, 0.2) is 6.04 Å². The van der Waals surface area contributed by atoms with Crippen molar-refractivity contribution in [2.24, 2.45) is 11.5 Å². The van der Waals surface area contributed by atoms with Crippen LogP contribution in [0.5, 0.6) is 0 Å². The molecule has 9 heteroatoms. The van der Waals surface area contributed by atoms with Gasteiger partial charge in [-0.2, -0.15) is 0 Å². The maximum Gasteiger partial charge on any atom is 0.348 e. The van der Waals surface area contributed by atoms with E-state index in [9.17, 15) is 19.2 Å². The summed E-state index contributed by atoms with van der Waals surface area (Å²) in [6, 6.07) is -0.997. The standard InChI is InChI=1S/C10H13N5O4/c11-7(16)3-5-13-9(18)14-4-1-2-6(8(12)17)15(14)10(13)19/h1-2,6H,3-5H2,(H2,11,16)(H2,12,17). The van der Waals surface area contributed by atoms with Gasteiger partial charge in [0.25, 0.3) is 0 Å². The molecule has 1 aromatic rings. The molecule has 2 rings (SSSR count). The number of amides is 2. The Balaban J connectivity index is 2.52. The molecule has 102 valence electrons. The third-order valence-corrected chi connectivity index (χ3v) is 2.87. The first kappa shape index (κ1) is 12.9. The van der Waals surface area contributed by atoms with Crippen molar-refractivity contribution in [3.63, 3.8) is 0 Å². The average Bonchev–Trinajstić information content (AvgIpc) is 2.59. The normalized spacial score (nSPS) is 17.2. The van der Waals surface area contributed by atoms with Crippen LogP contribution in [0.2, 0.25) is 0 Å². The number of aromatic nitrogens is 3. The fourth-order valence-electron chi connectivity index (χ4n) is 1.98. The van der Waals surface area contributed by atoms with E-state index in [0.29, 0.717) is 0 Å². The summed E-state index contributed by atoms with van der Waals surface area (Å²) in [5.41, 5.74) is 8.89. The molecule has 2 heterocycles. The highest BCUT2D eigenvalue weighted by atomic mass is 16.2. The molecule has 0 bridgehead atoms. The fraction of sp³-hybridized carbons (Fsp3) is 0.400. The van der Waals surface area contributed by atoms with E-state index in [1.807, 2.05) is 0 Å². The number of nitrogens with two attached hydrogens (primary N) is 2. The van der Waals surface area contributed by atoms with Crippen molar-refractivity contribution in [3.05, 3.63) is 33.1 Å². The highest BCUT2D eigenvalue weighted by molar-refractivity contribution is 5.80.